The molecule has 1 aliphatic rings. The molecule has 0 saturated heterocycles. The molecule has 1 fully saturated rings. The Morgan fingerprint density at radius 1 is 0.931 bits per heavy atom. The van der Waals surface area contributed by atoms with Gasteiger partial charge in [0.2, 0.25) is 5.91 Å². The van der Waals surface area contributed by atoms with E-state index in [2.05, 4.69) is 10.6 Å². The van der Waals surface area contributed by atoms with Crippen molar-refractivity contribution in [1.82, 2.24) is 10.2 Å². The molecule has 1 aliphatic carbocycles. The second-order valence-corrected chi connectivity index (χ2v) is 7.15. The minimum Gasteiger partial charge on any atom is -0.468 e. The van der Waals surface area contributed by atoms with Gasteiger partial charge in [-0.15, -0.1) is 0 Å². The SMILES string of the molecule is O=C(CN(Cc1ccco1)Cc1ccco1)Nc1ccccc1C(=O)NC1CC1. The number of para-hydroxylation sites is 1. The molecule has 150 valence electrons. The van der Waals surface area contributed by atoms with Gasteiger partial charge >= 0.3 is 0 Å². The molecule has 3 aromatic rings. The molecule has 2 N–H and O–H groups in total. The molecule has 0 atom stereocenters. The van der Waals surface area contributed by atoms with Crippen molar-refractivity contribution in [3.05, 3.63) is 78.1 Å². The maximum absolute atomic E-state index is 12.7. The van der Waals surface area contributed by atoms with Crippen LogP contribution in [0.1, 0.15) is 34.7 Å². The fourth-order valence-electron chi connectivity index (χ4n) is 3.09. The average molecular weight is 393 g/mol. The zero-order chi connectivity index (χ0) is 20.1. The normalized spacial score (nSPS) is 13.4. The third-order valence-corrected chi connectivity index (χ3v) is 4.64. The van der Waals surface area contributed by atoms with Crippen molar-refractivity contribution in [3.63, 3.8) is 0 Å². The Bertz CT molecular complexity index is 910. The first-order chi connectivity index (χ1) is 14.2. The van der Waals surface area contributed by atoms with Crippen molar-refractivity contribution in [2.24, 2.45) is 0 Å². The van der Waals surface area contributed by atoms with Crippen molar-refractivity contribution in [1.29, 1.82) is 0 Å². The topological polar surface area (TPSA) is 87.7 Å². The monoisotopic (exact) mass is 393 g/mol. The Labute approximate surface area is 168 Å². The van der Waals surface area contributed by atoms with Gasteiger partial charge in [-0.25, -0.2) is 0 Å². The molecule has 2 heterocycles. The van der Waals surface area contributed by atoms with Crippen molar-refractivity contribution in [2.75, 3.05) is 11.9 Å². The molecule has 0 unspecified atom stereocenters. The van der Waals surface area contributed by atoms with Crippen LogP contribution in [0.5, 0.6) is 0 Å². The highest BCUT2D eigenvalue weighted by Gasteiger charge is 2.25. The Morgan fingerprint density at radius 3 is 2.17 bits per heavy atom. The van der Waals surface area contributed by atoms with Gasteiger partial charge in [0.1, 0.15) is 11.5 Å². The maximum Gasteiger partial charge on any atom is 0.253 e. The summed E-state index contributed by atoms with van der Waals surface area (Å²) < 4.78 is 10.8. The summed E-state index contributed by atoms with van der Waals surface area (Å²) >= 11 is 0. The van der Waals surface area contributed by atoms with Gasteiger partial charge in [0.05, 0.1) is 43.4 Å². The van der Waals surface area contributed by atoms with E-state index in [4.69, 9.17) is 8.83 Å². The molecule has 2 aromatic heterocycles. The van der Waals surface area contributed by atoms with Gasteiger partial charge in [-0.1, -0.05) is 12.1 Å². The van der Waals surface area contributed by atoms with Crippen LogP contribution in [0.3, 0.4) is 0 Å². The maximum atomic E-state index is 12.7. The summed E-state index contributed by atoms with van der Waals surface area (Å²) in [5.41, 5.74) is 0.975. The lowest BCUT2D eigenvalue weighted by Gasteiger charge is -2.20. The highest BCUT2D eigenvalue weighted by atomic mass is 16.3. The number of anilines is 1. The number of hydrogen-bond acceptors (Lipinski definition) is 5. The van der Waals surface area contributed by atoms with Crippen LogP contribution in [0, 0.1) is 0 Å². The Morgan fingerprint density at radius 2 is 1.59 bits per heavy atom. The van der Waals surface area contributed by atoms with Crippen LogP contribution in [0.25, 0.3) is 0 Å². The largest absolute Gasteiger partial charge is 0.468 e. The number of rotatable bonds is 9. The molecule has 1 aromatic carbocycles. The second-order valence-electron chi connectivity index (χ2n) is 7.15. The lowest BCUT2D eigenvalue weighted by Crippen LogP contribution is -2.33. The van der Waals surface area contributed by atoms with E-state index in [-0.39, 0.29) is 24.4 Å². The first-order valence-corrected chi connectivity index (χ1v) is 9.64. The van der Waals surface area contributed by atoms with E-state index in [1.165, 1.54) is 0 Å². The number of carbonyl (C=O) groups excluding carboxylic acids is 2. The molecule has 4 rings (SSSR count). The lowest BCUT2D eigenvalue weighted by molar-refractivity contribution is -0.117. The number of carbonyl (C=O) groups is 2. The predicted molar refractivity (Wildman–Crippen MR) is 107 cm³/mol. The number of nitrogens with one attached hydrogen (secondary N) is 2. The standard InChI is InChI=1S/C22H23N3O4/c26-21(24-20-8-2-1-7-19(20)22(27)23-16-9-10-16)15-25(13-17-5-3-11-28-17)14-18-6-4-12-29-18/h1-8,11-12,16H,9-10,13-15H2,(H,23,27)(H,24,26). The summed E-state index contributed by atoms with van der Waals surface area (Å²) in [7, 11) is 0. The summed E-state index contributed by atoms with van der Waals surface area (Å²) in [5, 5.41) is 5.83. The number of amides is 2. The molecule has 7 heteroatoms. The Balaban J connectivity index is 1.43. The molecule has 2 amide bonds. The molecule has 0 radical (unpaired) electrons. The van der Waals surface area contributed by atoms with Gasteiger partial charge in [-0.05, 0) is 49.2 Å². The molecular formula is C22H23N3O4. The van der Waals surface area contributed by atoms with Crippen LogP contribution in [0.2, 0.25) is 0 Å². The number of hydrogen-bond donors (Lipinski definition) is 2. The molecule has 0 spiro atoms. The van der Waals surface area contributed by atoms with E-state index in [0.29, 0.717) is 24.3 Å². The highest BCUT2D eigenvalue weighted by molar-refractivity contribution is 6.04. The second kappa shape index (κ2) is 8.79. The van der Waals surface area contributed by atoms with Crippen molar-refractivity contribution < 1.29 is 18.4 Å². The third kappa shape index (κ3) is 5.36. The van der Waals surface area contributed by atoms with E-state index >= 15 is 0 Å². The minimum absolute atomic E-state index is 0.125. The lowest BCUT2D eigenvalue weighted by atomic mass is 10.1. The molecule has 0 bridgehead atoms. The fraction of sp³-hybridized carbons (Fsp3) is 0.273. The van der Waals surface area contributed by atoms with E-state index < -0.39 is 0 Å². The number of nitrogens with zero attached hydrogens (tertiary/aromatic N) is 1. The van der Waals surface area contributed by atoms with Crippen LogP contribution >= 0.6 is 0 Å². The first-order valence-electron chi connectivity index (χ1n) is 9.64. The molecule has 29 heavy (non-hydrogen) atoms. The average Bonchev–Trinajstić information content (AvgIpc) is 3.14. The Hall–Kier alpha value is -3.32. The predicted octanol–water partition coefficient (Wildman–Crippen LogP) is 3.41. The van der Waals surface area contributed by atoms with E-state index in [1.54, 1.807) is 36.8 Å². The quantitative estimate of drug-likeness (QED) is 0.582. The van der Waals surface area contributed by atoms with Gasteiger partial charge in [0.25, 0.3) is 5.91 Å². The molecule has 7 nitrogen and oxygen atoms in total. The first kappa shape index (κ1) is 19.0. The van der Waals surface area contributed by atoms with Crippen LogP contribution in [-0.2, 0) is 17.9 Å². The van der Waals surface area contributed by atoms with E-state index in [9.17, 15) is 9.59 Å². The van der Waals surface area contributed by atoms with Crippen molar-refractivity contribution in [3.8, 4) is 0 Å². The number of benzene rings is 1. The fourth-order valence-corrected chi connectivity index (χ4v) is 3.09. The summed E-state index contributed by atoms with van der Waals surface area (Å²) in [5.74, 6) is 1.14. The van der Waals surface area contributed by atoms with Gasteiger partial charge in [0.15, 0.2) is 0 Å². The van der Waals surface area contributed by atoms with Crippen molar-refractivity contribution in [2.45, 2.75) is 32.0 Å². The minimum atomic E-state index is -0.213. The van der Waals surface area contributed by atoms with Crippen LogP contribution < -0.4 is 10.6 Å². The van der Waals surface area contributed by atoms with Crippen molar-refractivity contribution >= 4 is 17.5 Å². The smallest absolute Gasteiger partial charge is 0.253 e. The van der Waals surface area contributed by atoms with Crippen LogP contribution in [-0.4, -0.2) is 29.3 Å². The zero-order valence-electron chi connectivity index (χ0n) is 16.0. The molecule has 0 aliphatic heterocycles. The van der Waals surface area contributed by atoms with Gasteiger partial charge in [-0.3, -0.25) is 14.5 Å². The van der Waals surface area contributed by atoms with Crippen LogP contribution in [0.15, 0.2) is 69.9 Å². The summed E-state index contributed by atoms with van der Waals surface area (Å²) in [4.78, 5) is 27.1. The number of furan rings is 2. The van der Waals surface area contributed by atoms with E-state index in [0.717, 1.165) is 24.4 Å². The van der Waals surface area contributed by atoms with Gasteiger partial charge in [0, 0.05) is 6.04 Å². The summed E-state index contributed by atoms with van der Waals surface area (Å²) in [6.07, 6.45) is 5.23. The van der Waals surface area contributed by atoms with Gasteiger partial charge < -0.3 is 19.5 Å². The Kier molecular flexibility index (Phi) is 5.76. The van der Waals surface area contributed by atoms with E-state index in [1.807, 2.05) is 29.2 Å². The van der Waals surface area contributed by atoms with Crippen LogP contribution in [0.4, 0.5) is 5.69 Å². The summed E-state index contributed by atoms with van der Waals surface area (Å²) in [6.45, 7) is 1.05. The molecule has 1 saturated carbocycles. The zero-order valence-corrected chi connectivity index (χ0v) is 16.0. The highest BCUT2D eigenvalue weighted by Crippen LogP contribution is 2.21. The summed E-state index contributed by atoms with van der Waals surface area (Å²) in [6, 6.07) is 14.7. The molecular weight excluding hydrogens is 370 g/mol. The van der Waals surface area contributed by atoms with Gasteiger partial charge in [-0.2, -0.15) is 0 Å². The third-order valence-electron chi connectivity index (χ3n) is 4.64.